The molecule has 0 saturated carbocycles. The van der Waals surface area contributed by atoms with Gasteiger partial charge in [-0.05, 0) is 48.5 Å². The van der Waals surface area contributed by atoms with E-state index in [4.69, 9.17) is 40.4 Å². The molecule has 0 spiro atoms. The molecule has 14 heteroatoms. The Hall–Kier alpha value is -6.96. The zero-order valence-corrected chi connectivity index (χ0v) is 23.9. The molecule has 2 aromatic heterocycles. The highest BCUT2D eigenvalue weighted by Crippen LogP contribution is 2.26. The summed E-state index contributed by atoms with van der Waals surface area (Å²) in [4.78, 5) is 19.6. The number of nitrogens with zero attached hydrogens (tertiary/aromatic N) is 12. The summed E-state index contributed by atoms with van der Waals surface area (Å²) in [6.07, 6.45) is 0. The fourth-order valence-corrected chi connectivity index (χ4v) is 5.14. The molecule has 6 aromatic rings. The second-order valence-corrected chi connectivity index (χ2v) is 10.3. The molecule has 0 aliphatic carbocycles. The van der Waals surface area contributed by atoms with E-state index in [1.807, 2.05) is 121 Å². The van der Waals surface area contributed by atoms with Crippen LogP contribution in [0.1, 0.15) is 11.6 Å². The van der Waals surface area contributed by atoms with Gasteiger partial charge in [0.2, 0.25) is 35.2 Å². The number of benzene rings is 4. The third-order valence-electron chi connectivity index (χ3n) is 7.28. The fourth-order valence-electron chi connectivity index (χ4n) is 5.14. The second-order valence-electron chi connectivity index (χ2n) is 10.3. The number of fused-ring (bicyclic) bond motifs is 10. The Labute approximate surface area is 261 Å². The van der Waals surface area contributed by atoms with E-state index < -0.39 is 0 Å². The highest BCUT2D eigenvalue weighted by molar-refractivity contribution is 6.19. The van der Waals surface area contributed by atoms with Gasteiger partial charge in [0.1, 0.15) is 0 Å². The molecule has 0 atom stereocenters. The van der Waals surface area contributed by atoms with Crippen LogP contribution in [0.2, 0.25) is 0 Å². The number of hydrogen-bond donors (Lipinski definition) is 2. The molecule has 3 aliphatic rings. The lowest BCUT2D eigenvalue weighted by molar-refractivity contribution is 0.870. The first-order valence-corrected chi connectivity index (χ1v) is 14.4. The van der Waals surface area contributed by atoms with E-state index in [1.54, 1.807) is 19.4 Å². The molecule has 0 unspecified atom stereocenters. The van der Waals surface area contributed by atoms with E-state index in [1.165, 1.54) is 0 Å². The van der Waals surface area contributed by atoms with Gasteiger partial charge in [0, 0.05) is 0 Å². The number of guanidine groups is 2. The van der Waals surface area contributed by atoms with Gasteiger partial charge in [0.05, 0.1) is 22.7 Å². The third-order valence-corrected chi connectivity index (χ3v) is 7.28. The summed E-state index contributed by atoms with van der Waals surface area (Å²) in [6.45, 7) is 0. The van der Waals surface area contributed by atoms with Crippen LogP contribution in [-0.2, 0) is 0 Å². The van der Waals surface area contributed by atoms with Gasteiger partial charge in [-0.15, -0.1) is 20.4 Å². The van der Waals surface area contributed by atoms with Crippen molar-refractivity contribution >= 4 is 46.9 Å². The number of hydrogen-bond acceptors (Lipinski definition) is 12. The summed E-state index contributed by atoms with van der Waals surface area (Å²) < 4.78 is 3.33. The van der Waals surface area contributed by atoms with E-state index in [2.05, 4.69) is 10.6 Å². The number of nitrogens with one attached hydrogen (secondary N) is 2. The monoisotopic (exact) mass is 602 g/mol. The smallest absolute Gasteiger partial charge is 0.256 e. The maximum absolute atomic E-state index is 4.95. The average molecular weight is 603 g/mol. The average Bonchev–Trinajstić information content (AvgIpc) is 3.92. The lowest BCUT2D eigenvalue weighted by atomic mass is 10.3. The van der Waals surface area contributed by atoms with Crippen molar-refractivity contribution in [2.75, 3.05) is 10.0 Å². The Morgan fingerprint density at radius 3 is 1.13 bits per heavy atom. The molecule has 5 heterocycles. The first kappa shape index (κ1) is 25.5. The number of aromatic nitrogens is 6. The molecule has 8 bridgehead atoms. The predicted molar refractivity (Wildman–Crippen MR) is 174 cm³/mol. The minimum Gasteiger partial charge on any atom is -0.304 e. The molecule has 220 valence electrons. The van der Waals surface area contributed by atoms with Crippen molar-refractivity contribution in [1.29, 1.82) is 0 Å². The van der Waals surface area contributed by atoms with Crippen LogP contribution in [0.25, 0.3) is 11.4 Å². The van der Waals surface area contributed by atoms with E-state index in [-0.39, 0.29) is 0 Å². The van der Waals surface area contributed by atoms with Gasteiger partial charge in [-0.1, -0.05) is 72.8 Å². The largest absolute Gasteiger partial charge is 0.304 e. The summed E-state index contributed by atoms with van der Waals surface area (Å²) >= 11 is 0. The lowest BCUT2D eigenvalue weighted by Gasteiger charge is -2.13. The second kappa shape index (κ2) is 10.3. The van der Waals surface area contributed by atoms with Crippen LogP contribution in [0, 0.1) is 0 Å². The standard InChI is InChI=1S/C32H22N14/c1-5-13-21(14-6-1)43-29-33-25(39-43)26-34-31(45(40-26)23-17-9-3-10-18-23)38-32-36-28(42-46(32)24-19-11-4-12-20-24)27-35-30(37-29)44(41-27)22-15-7-2-8-16-22/h1-20H,(H,33,35,37,39,41)(H,34,36,38,40,42). The van der Waals surface area contributed by atoms with Gasteiger partial charge in [0.15, 0.2) is 0 Å². The highest BCUT2D eigenvalue weighted by atomic mass is 15.6. The van der Waals surface area contributed by atoms with Gasteiger partial charge < -0.3 is 10.6 Å². The van der Waals surface area contributed by atoms with Crippen molar-refractivity contribution < 1.29 is 0 Å². The Morgan fingerprint density at radius 1 is 0.413 bits per heavy atom. The van der Waals surface area contributed by atoms with Crippen molar-refractivity contribution in [2.24, 2.45) is 20.2 Å². The van der Waals surface area contributed by atoms with Crippen molar-refractivity contribution in [3.8, 4) is 11.4 Å². The van der Waals surface area contributed by atoms with Crippen LogP contribution in [0.3, 0.4) is 0 Å². The molecule has 4 aromatic carbocycles. The van der Waals surface area contributed by atoms with Gasteiger partial charge in [-0.2, -0.15) is 39.3 Å². The van der Waals surface area contributed by atoms with Gasteiger partial charge in [0.25, 0.3) is 11.9 Å². The SMILES string of the molecule is c1ccc(N2N=C3NC2=Nc2nc(nn2-c2ccccc2)C2=NN(c4ccccc4)C(=Nc4nc3nn4-c3ccccc3)N2)cc1. The predicted octanol–water partition coefficient (Wildman–Crippen LogP) is 4.08. The number of rotatable bonds is 4. The molecule has 0 saturated heterocycles. The van der Waals surface area contributed by atoms with Crippen molar-refractivity contribution in [3.63, 3.8) is 0 Å². The molecule has 0 fully saturated rings. The van der Waals surface area contributed by atoms with Crippen LogP contribution in [0.5, 0.6) is 0 Å². The van der Waals surface area contributed by atoms with E-state index in [9.17, 15) is 0 Å². The Balaban J connectivity index is 1.29. The molecule has 2 N–H and O–H groups in total. The molecular formula is C32H22N14. The van der Waals surface area contributed by atoms with E-state index >= 15 is 0 Å². The van der Waals surface area contributed by atoms with Crippen LogP contribution < -0.4 is 20.7 Å². The van der Waals surface area contributed by atoms with Crippen molar-refractivity contribution in [1.82, 2.24) is 40.2 Å². The summed E-state index contributed by atoms with van der Waals surface area (Å²) in [5, 5.41) is 29.4. The molecule has 0 amide bonds. The lowest BCUT2D eigenvalue weighted by Crippen LogP contribution is -2.33. The van der Waals surface area contributed by atoms with Gasteiger partial charge >= 0.3 is 0 Å². The van der Waals surface area contributed by atoms with Gasteiger partial charge in [-0.25, -0.2) is 0 Å². The van der Waals surface area contributed by atoms with Crippen molar-refractivity contribution in [3.05, 3.63) is 133 Å². The summed E-state index contributed by atoms with van der Waals surface area (Å²) in [6, 6.07) is 38.7. The number of anilines is 2. The number of para-hydroxylation sites is 4. The molecule has 9 rings (SSSR count). The highest BCUT2D eigenvalue weighted by Gasteiger charge is 2.32. The number of hydrazone groups is 2. The van der Waals surface area contributed by atoms with Crippen LogP contribution >= 0.6 is 0 Å². The quantitative estimate of drug-likeness (QED) is 0.308. The van der Waals surface area contributed by atoms with E-state index in [0.717, 1.165) is 22.7 Å². The minimum absolute atomic E-state index is 0.308. The minimum atomic E-state index is 0.308. The van der Waals surface area contributed by atoms with E-state index in [0.29, 0.717) is 47.1 Å². The summed E-state index contributed by atoms with van der Waals surface area (Å²) in [7, 11) is 0. The summed E-state index contributed by atoms with van der Waals surface area (Å²) in [5.41, 5.74) is 3.11. The zero-order chi connectivity index (χ0) is 30.5. The summed E-state index contributed by atoms with van der Waals surface area (Å²) in [5.74, 6) is 2.82. The first-order valence-electron chi connectivity index (χ1n) is 14.4. The third kappa shape index (κ3) is 4.36. The van der Waals surface area contributed by atoms with Crippen LogP contribution in [0.4, 0.5) is 23.3 Å². The molecule has 46 heavy (non-hydrogen) atoms. The Kier molecular flexibility index (Phi) is 5.74. The molecular weight excluding hydrogens is 580 g/mol. The maximum atomic E-state index is 4.95. The van der Waals surface area contributed by atoms with Crippen molar-refractivity contribution in [2.45, 2.75) is 0 Å². The molecule has 14 nitrogen and oxygen atoms in total. The van der Waals surface area contributed by atoms with Crippen LogP contribution in [-0.4, -0.2) is 53.1 Å². The topological polar surface area (TPSA) is 141 Å². The first-order chi connectivity index (χ1) is 22.8. The number of aliphatic imine (C=N–C) groups is 2. The Bertz CT molecular complexity index is 2040. The van der Waals surface area contributed by atoms with Gasteiger partial charge in [-0.3, -0.25) is 0 Å². The molecule has 0 radical (unpaired) electrons. The normalized spacial score (nSPS) is 14.9. The zero-order valence-electron chi connectivity index (χ0n) is 23.9. The fraction of sp³-hybridized carbons (Fsp3) is 0. The van der Waals surface area contributed by atoms with Crippen LogP contribution in [0.15, 0.2) is 142 Å². The Morgan fingerprint density at radius 2 is 0.761 bits per heavy atom. The molecule has 3 aliphatic heterocycles. The number of amidine groups is 2. The maximum Gasteiger partial charge on any atom is 0.256 e.